The van der Waals surface area contributed by atoms with Crippen molar-refractivity contribution in [2.45, 2.75) is 25.7 Å². The summed E-state index contributed by atoms with van der Waals surface area (Å²) in [6.07, 6.45) is 0. The van der Waals surface area contributed by atoms with Gasteiger partial charge in [0.25, 0.3) is 0 Å². The lowest BCUT2D eigenvalue weighted by atomic mass is 9.88. The van der Waals surface area contributed by atoms with Crippen LogP contribution in [0.4, 0.5) is 0 Å². The molecule has 106 valence electrons. The molecule has 2 aromatic rings. The normalized spacial score (nSPS) is 12.4. The minimum atomic E-state index is 0.171. The molecule has 0 aromatic heterocycles. The van der Waals surface area contributed by atoms with E-state index >= 15 is 0 Å². The first kappa shape index (κ1) is 14.6. The standard InChI is InChI=1S/C18H23NO/c1-13(2)15-9-10-18(20-3)16(11-15)17(12-19)14-7-5-4-6-8-14/h4-11,13,17H,12,19H2,1-3H3. The van der Waals surface area contributed by atoms with Crippen molar-refractivity contribution >= 4 is 0 Å². The molecule has 0 aliphatic rings. The molecule has 1 unspecified atom stereocenters. The van der Waals surface area contributed by atoms with Crippen LogP contribution in [-0.4, -0.2) is 13.7 Å². The van der Waals surface area contributed by atoms with Gasteiger partial charge < -0.3 is 10.5 Å². The van der Waals surface area contributed by atoms with E-state index in [0.717, 1.165) is 5.75 Å². The van der Waals surface area contributed by atoms with E-state index in [-0.39, 0.29) is 5.92 Å². The quantitative estimate of drug-likeness (QED) is 0.893. The topological polar surface area (TPSA) is 35.2 Å². The van der Waals surface area contributed by atoms with Crippen molar-refractivity contribution in [1.82, 2.24) is 0 Å². The zero-order valence-corrected chi connectivity index (χ0v) is 12.5. The molecular weight excluding hydrogens is 246 g/mol. The fourth-order valence-electron chi connectivity index (χ4n) is 2.51. The van der Waals surface area contributed by atoms with Crippen LogP contribution in [0.15, 0.2) is 48.5 Å². The third kappa shape index (κ3) is 3.02. The molecule has 2 nitrogen and oxygen atoms in total. The van der Waals surface area contributed by atoms with Crippen LogP contribution in [0.25, 0.3) is 0 Å². The summed E-state index contributed by atoms with van der Waals surface area (Å²) >= 11 is 0. The summed E-state index contributed by atoms with van der Waals surface area (Å²) in [5, 5.41) is 0. The molecule has 2 aromatic carbocycles. The van der Waals surface area contributed by atoms with Crippen LogP contribution >= 0.6 is 0 Å². The molecular formula is C18H23NO. The maximum atomic E-state index is 6.03. The summed E-state index contributed by atoms with van der Waals surface area (Å²) in [6.45, 7) is 4.97. The van der Waals surface area contributed by atoms with Crippen LogP contribution in [0.1, 0.15) is 42.4 Å². The molecule has 0 radical (unpaired) electrons. The molecule has 2 heteroatoms. The Morgan fingerprint density at radius 3 is 2.25 bits per heavy atom. The first-order chi connectivity index (χ1) is 9.67. The average molecular weight is 269 g/mol. The van der Waals surface area contributed by atoms with Gasteiger partial charge in [-0.1, -0.05) is 56.3 Å². The Morgan fingerprint density at radius 2 is 1.70 bits per heavy atom. The highest BCUT2D eigenvalue weighted by Crippen LogP contribution is 2.33. The zero-order chi connectivity index (χ0) is 14.5. The van der Waals surface area contributed by atoms with E-state index < -0.39 is 0 Å². The third-order valence-corrected chi connectivity index (χ3v) is 3.73. The van der Waals surface area contributed by atoms with E-state index in [0.29, 0.717) is 12.5 Å². The van der Waals surface area contributed by atoms with Crippen LogP contribution in [-0.2, 0) is 0 Å². The predicted molar refractivity (Wildman–Crippen MR) is 84.4 cm³/mol. The summed E-state index contributed by atoms with van der Waals surface area (Å²) in [5.74, 6) is 1.58. The monoisotopic (exact) mass is 269 g/mol. The first-order valence-corrected chi connectivity index (χ1v) is 7.10. The lowest BCUT2D eigenvalue weighted by molar-refractivity contribution is 0.407. The number of hydrogen-bond donors (Lipinski definition) is 1. The molecule has 1 atom stereocenters. The molecule has 0 aliphatic heterocycles. The second-order valence-electron chi connectivity index (χ2n) is 5.36. The number of nitrogens with two attached hydrogens (primary N) is 1. The van der Waals surface area contributed by atoms with Gasteiger partial charge in [0, 0.05) is 18.0 Å². The van der Waals surface area contributed by atoms with Crippen LogP contribution < -0.4 is 10.5 Å². The Kier molecular flexibility index (Phi) is 4.80. The van der Waals surface area contributed by atoms with E-state index in [4.69, 9.17) is 10.5 Å². The number of methoxy groups -OCH3 is 1. The summed E-state index contributed by atoms with van der Waals surface area (Å²) in [6, 6.07) is 16.8. The molecule has 2 N–H and O–H groups in total. The van der Waals surface area contributed by atoms with Crippen molar-refractivity contribution in [3.63, 3.8) is 0 Å². The fourth-order valence-corrected chi connectivity index (χ4v) is 2.51. The van der Waals surface area contributed by atoms with Crippen LogP contribution in [0.2, 0.25) is 0 Å². The summed E-state index contributed by atoms with van der Waals surface area (Å²) < 4.78 is 5.53. The van der Waals surface area contributed by atoms with Crippen molar-refractivity contribution < 1.29 is 4.74 Å². The summed E-state index contributed by atoms with van der Waals surface area (Å²) in [7, 11) is 1.71. The molecule has 0 heterocycles. The van der Waals surface area contributed by atoms with Gasteiger partial charge in [0.05, 0.1) is 7.11 Å². The second kappa shape index (κ2) is 6.58. The fraction of sp³-hybridized carbons (Fsp3) is 0.333. The zero-order valence-electron chi connectivity index (χ0n) is 12.5. The molecule has 0 spiro atoms. The Balaban J connectivity index is 2.50. The number of ether oxygens (including phenoxy) is 1. The SMILES string of the molecule is COc1ccc(C(C)C)cc1C(CN)c1ccccc1. The van der Waals surface area contributed by atoms with Gasteiger partial charge in [0.1, 0.15) is 5.75 Å². The van der Waals surface area contributed by atoms with Crippen LogP contribution in [0.5, 0.6) is 5.75 Å². The van der Waals surface area contributed by atoms with Gasteiger partial charge in [-0.05, 0) is 23.1 Å². The van der Waals surface area contributed by atoms with Crippen molar-refractivity contribution in [1.29, 1.82) is 0 Å². The molecule has 0 amide bonds. The molecule has 0 saturated heterocycles. The van der Waals surface area contributed by atoms with Gasteiger partial charge in [-0.3, -0.25) is 0 Å². The number of hydrogen-bond acceptors (Lipinski definition) is 2. The first-order valence-electron chi connectivity index (χ1n) is 7.10. The van der Waals surface area contributed by atoms with Crippen molar-refractivity contribution in [2.24, 2.45) is 5.73 Å². The van der Waals surface area contributed by atoms with E-state index in [1.54, 1.807) is 7.11 Å². The molecule has 20 heavy (non-hydrogen) atoms. The largest absolute Gasteiger partial charge is 0.496 e. The Bertz CT molecular complexity index is 549. The van der Waals surface area contributed by atoms with Crippen LogP contribution in [0.3, 0.4) is 0 Å². The minimum Gasteiger partial charge on any atom is -0.496 e. The van der Waals surface area contributed by atoms with Crippen molar-refractivity contribution in [3.05, 3.63) is 65.2 Å². The Hall–Kier alpha value is -1.80. The minimum absolute atomic E-state index is 0.171. The molecule has 0 aliphatic carbocycles. The molecule has 0 fully saturated rings. The van der Waals surface area contributed by atoms with Gasteiger partial charge in [-0.2, -0.15) is 0 Å². The predicted octanol–water partition coefficient (Wildman–Crippen LogP) is 3.91. The highest BCUT2D eigenvalue weighted by atomic mass is 16.5. The van der Waals surface area contributed by atoms with Gasteiger partial charge in [0.15, 0.2) is 0 Å². The van der Waals surface area contributed by atoms with Gasteiger partial charge in [-0.25, -0.2) is 0 Å². The lowest BCUT2D eigenvalue weighted by Gasteiger charge is -2.20. The highest BCUT2D eigenvalue weighted by molar-refractivity contribution is 5.45. The second-order valence-corrected chi connectivity index (χ2v) is 5.36. The van der Waals surface area contributed by atoms with Gasteiger partial charge >= 0.3 is 0 Å². The third-order valence-electron chi connectivity index (χ3n) is 3.73. The van der Waals surface area contributed by atoms with Crippen LogP contribution in [0, 0.1) is 0 Å². The van der Waals surface area contributed by atoms with Gasteiger partial charge in [0.2, 0.25) is 0 Å². The van der Waals surface area contributed by atoms with E-state index in [9.17, 15) is 0 Å². The maximum absolute atomic E-state index is 6.03. The Labute approximate surface area is 121 Å². The highest BCUT2D eigenvalue weighted by Gasteiger charge is 2.18. The average Bonchev–Trinajstić information content (AvgIpc) is 2.49. The number of benzene rings is 2. The molecule has 0 bridgehead atoms. The van der Waals surface area contributed by atoms with E-state index in [1.165, 1.54) is 16.7 Å². The van der Waals surface area contributed by atoms with Crippen molar-refractivity contribution in [2.75, 3.05) is 13.7 Å². The van der Waals surface area contributed by atoms with E-state index in [2.05, 4.69) is 56.3 Å². The molecule has 2 rings (SSSR count). The van der Waals surface area contributed by atoms with Crippen molar-refractivity contribution in [3.8, 4) is 5.75 Å². The Morgan fingerprint density at radius 1 is 1.00 bits per heavy atom. The maximum Gasteiger partial charge on any atom is 0.122 e. The molecule has 0 saturated carbocycles. The summed E-state index contributed by atoms with van der Waals surface area (Å²) in [5.41, 5.74) is 9.75. The lowest BCUT2D eigenvalue weighted by Crippen LogP contribution is -2.15. The summed E-state index contributed by atoms with van der Waals surface area (Å²) in [4.78, 5) is 0. The van der Waals surface area contributed by atoms with Gasteiger partial charge in [-0.15, -0.1) is 0 Å². The smallest absolute Gasteiger partial charge is 0.122 e. The van der Waals surface area contributed by atoms with E-state index in [1.807, 2.05) is 6.07 Å². The number of rotatable bonds is 5.